The van der Waals surface area contributed by atoms with Gasteiger partial charge < -0.3 is 5.73 Å². The number of rotatable bonds is 4. The van der Waals surface area contributed by atoms with Gasteiger partial charge in [0.25, 0.3) is 5.56 Å². The van der Waals surface area contributed by atoms with Crippen LogP contribution in [0.4, 0.5) is 0 Å². The van der Waals surface area contributed by atoms with Gasteiger partial charge in [0, 0.05) is 20.1 Å². The molecule has 3 aromatic heterocycles. The third-order valence-corrected chi connectivity index (χ3v) is 6.46. The number of hydrogen-bond acceptors (Lipinski definition) is 6. The molecule has 1 unspecified atom stereocenters. The van der Waals surface area contributed by atoms with Crippen LogP contribution >= 0.6 is 69.6 Å². The van der Waals surface area contributed by atoms with E-state index in [2.05, 4.69) is 20.3 Å². The lowest BCUT2D eigenvalue weighted by atomic mass is 9.95. The molecular weight excluding hydrogens is 629 g/mol. The molecular formula is C25H14Cl6N6O2. The minimum absolute atomic E-state index is 0.232. The number of primary amides is 1. The van der Waals surface area contributed by atoms with Crippen molar-refractivity contribution >= 4 is 81.0 Å². The van der Waals surface area contributed by atoms with Gasteiger partial charge in [-0.3, -0.25) is 9.59 Å². The van der Waals surface area contributed by atoms with Crippen LogP contribution in [0.15, 0.2) is 71.8 Å². The first-order valence-corrected chi connectivity index (χ1v) is 13.0. The quantitative estimate of drug-likeness (QED) is 0.231. The summed E-state index contributed by atoms with van der Waals surface area (Å²) in [6.07, 6.45) is 1.32. The number of hydrogen-bond donors (Lipinski definition) is 1. The highest BCUT2D eigenvalue weighted by Crippen LogP contribution is 2.29. The topological polar surface area (TPSA) is 116 Å². The zero-order valence-electron chi connectivity index (χ0n) is 19.3. The molecule has 0 fully saturated rings. The molecule has 1 atom stereocenters. The van der Waals surface area contributed by atoms with Gasteiger partial charge in [-0.05, 0) is 71.8 Å². The fourth-order valence-corrected chi connectivity index (χ4v) is 4.97. The number of carbonyl (C=O) groups excluding carboxylic acids is 1. The highest BCUT2D eigenvalue weighted by atomic mass is 35.5. The van der Waals surface area contributed by atoms with Gasteiger partial charge in [0.05, 0.1) is 16.8 Å². The van der Waals surface area contributed by atoms with Crippen LogP contribution in [0.5, 0.6) is 0 Å². The fraction of sp³-hybridized carbons (Fsp3) is 0.0400. The molecule has 5 rings (SSSR count). The highest BCUT2D eigenvalue weighted by molar-refractivity contribution is 6.35. The van der Waals surface area contributed by atoms with Gasteiger partial charge in [-0.15, -0.1) is 5.10 Å². The van der Waals surface area contributed by atoms with Crippen molar-refractivity contribution in [3.05, 3.63) is 119 Å². The van der Waals surface area contributed by atoms with E-state index < -0.39 is 11.8 Å². The van der Waals surface area contributed by atoms with Crippen LogP contribution in [-0.2, 0) is 4.79 Å². The van der Waals surface area contributed by atoms with Crippen molar-refractivity contribution in [2.45, 2.75) is 5.92 Å². The van der Waals surface area contributed by atoms with E-state index in [9.17, 15) is 9.59 Å². The second kappa shape index (κ2) is 12.5. The summed E-state index contributed by atoms with van der Waals surface area (Å²) in [5, 5.41) is 13.9. The van der Waals surface area contributed by atoms with Crippen molar-refractivity contribution in [2.75, 3.05) is 0 Å². The SMILES string of the molecule is NC(=O)C(c1cc(Cl)cc(Cl)c1)c1ccc(Cl)nn1.O=c1ncn2nc(Cl)ccc2c1-c1cc(Cl)cc(Cl)c1. The molecule has 0 spiro atoms. The lowest BCUT2D eigenvalue weighted by Crippen LogP contribution is -2.23. The molecule has 2 N–H and O–H groups in total. The first-order valence-electron chi connectivity index (χ1n) is 10.8. The fourth-order valence-electron chi connectivity index (χ4n) is 3.65. The Morgan fingerprint density at radius 2 is 1.36 bits per heavy atom. The van der Waals surface area contributed by atoms with E-state index in [1.54, 1.807) is 54.6 Å². The van der Waals surface area contributed by atoms with Gasteiger partial charge in [0.1, 0.15) is 17.4 Å². The first kappa shape index (κ1) is 29.0. The summed E-state index contributed by atoms with van der Waals surface area (Å²) in [5.41, 5.74) is 7.51. The Morgan fingerprint density at radius 3 is 1.92 bits per heavy atom. The number of nitrogens with two attached hydrogens (primary N) is 1. The summed E-state index contributed by atoms with van der Waals surface area (Å²) in [4.78, 5) is 27.5. The molecule has 0 radical (unpaired) electrons. The van der Waals surface area contributed by atoms with Crippen molar-refractivity contribution in [2.24, 2.45) is 5.73 Å². The summed E-state index contributed by atoms with van der Waals surface area (Å²) in [7, 11) is 0. The Bertz CT molecular complexity index is 1710. The van der Waals surface area contributed by atoms with Crippen molar-refractivity contribution in [3.8, 4) is 11.1 Å². The van der Waals surface area contributed by atoms with E-state index in [1.165, 1.54) is 16.9 Å². The minimum Gasteiger partial charge on any atom is -0.369 e. The summed E-state index contributed by atoms with van der Waals surface area (Å²) >= 11 is 35.3. The van der Waals surface area contributed by atoms with Crippen LogP contribution in [0.25, 0.3) is 16.6 Å². The summed E-state index contributed by atoms with van der Waals surface area (Å²) < 4.78 is 1.44. The Hall–Kier alpha value is -2.98. The molecule has 0 saturated carbocycles. The highest BCUT2D eigenvalue weighted by Gasteiger charge is 2.23. The largest absolute Gasteiger partial charge is 0.369 e. The second-order valence-electron chi connectivity index (χ2n) is 7.89. The average Bonchev–Trinajstić information content (AvgIpc) is 2.84. The van der Waals surface area contributed by atoms with Gasteiger partial charge in [-0.25, -0.2) is 4.52 Å². The molecule has 3 heterocycles. The maximum Gasteiger partial charge on any atom is 0.281 e. The number of carbonyl (C=O) groups is 1. The summed E-state index contributed by atoms with van der Waals surface area (Å²) in [6.45, 7) is 0. The predicted octanol–water partition coefficient (Wildman–Crippen LogP) is 6.77. The molecule has 0 aliphatic rings. The Labute approximate surface area is 251 Å². The van der Waals surface area contributed by atoms with Gasteiger partial charge in [0.2, 0.25) is 5.91 Å². The van der Waals surface area contributed by atoms with Crippen LogP contribution < -0.4 is 11.3 Å². The minimum atomic E-state index is -0.777. The molecule has 0 bridgehead atoms. The summed E-state index contributed by atoms with van der Waals surface area (Å²) in [6, 6.07) is 16.1. The zero-order valence-corrected chi connectivity index (χ0v) is 23.9. The predicted molar refractivity (Wildman–Crippen MR) is 154 cm³/mol. The number of halogens is 6. The van der Waals surface area contributed by atoms with Crippen LogP contribution in [0, 0.1) is 0 Å². The first-order chi connectivity index (χ1) is 18.5. The average molecular weight is 643 g/mol. The van der Waals surface area contributed by atoms with E-state index in [0.717, 1.165) is 0 Å². The Morgan fingerprint density at radius 1 is 0.769 bits per heavy atom. The van der Waals surface area contributed by atoms with E-state index in [0.29, 0.717) is 53.1 Å². The normalized spacial score (nSPS) is 11.5. The van der Waals surface area contributed by atoms with Crippen LogP contribution in [0.3, 0.4) is 0 Å². The molecule has 0 aliphatic carbocycles. The molecule has 1 amide bonds. The van der Waals surface area contributed by atoms with Gasteiger partial charge in [0.15, 0.2) is 5.15 Å². The molecule has 0 aliphatic heterocycles. The smallest absolute Gasteiger partial charge is 0.281 e. The second-order valence-corrected chi connectivity index (χ2v) is 10.4. The third-order valence-electron chi connectivity index (χ3n) is 5.19. The van der Waals surface area contributed by atoms with Crippen molar-refractivity contribution in [3.63, 3.8) is 0 Å². The molecule has 0 saturated heterocycles. The molecule has 5 aromatic rings. The van der Waals surface area contributed by atoms with E-state index in [-0.39, 0.29) is 10.7 Å². The van der Waals surface area contributed by atoms with Crippen LogP contribution in [0.1, 0.15) is 17.2 Å². The maximum absolute atomic E-state index is 12.1. The van der Waals surface area contributed by atoms with Crippen LogP contribution in [0.2, 0.25) is 30.4 Å². The zero-order chi connectivity index (χ0) is 28.3. The van der Waals surface area contributed by atoms with E-state index in [4.69, 9.17) is 75.3 Å². The number of aromatic nitrogens is 5. The Balaban J connectivity index is 0.000000181. The lowest BCUT2D eigenvalue weighted by molar-refractivity contribution is -0.118. The molecule has 39 heavy (non-hydrogen) atoms. The third kappa shape index (κ3) is 7.16. The lowest BCUT2D eigenvalue weighted by Gasteiger charge is -2.13. The number of nitrogens with zero attached hydrogens (tertiary/aromatic N) is 5. The van der Waals surface area contributed by atoms with E-state index in [1.807, 2.05) is 0 Å². The molecule has 14 heteroatoms. The standard InChI is InChI=1S/C13H6Cl3N3O.C12H8Cl3N3O/c14-8-3-7(4-9(15)5-8)12-10-1-2-11(16)18-19(10)6-17-13(12)20;13-7-3-6(4-8(14)5-7)11(12(16)19)9-1-2-10(15)18-17-9/h1-6H;1-5,11H,(H2,16,19). The van der Waals surface area contributed by atoms with E-state index >= 15 is 0 Å². The van der Waals surface area contributed by atoms with Gasteiger partial charge in [-0.2, -0.15) is 15.2 Å². The number of amides is 1. The van der Waals surface area contributed by atoms with Crippen LogP contribution in [-0.4, -0.2) is 30.7 Å². The Kier molecular flexibility index (Phi) is 9.27. The van der Waals surface area contributed by atoms with Crippen molar-refractivity contribution in [1.29, 1.82) is 0 Å². The molecule has 2 aromatic carbocycles. The van der Waals surface area contributed by atoms with Gasteiger partial charge in [-0.1, -0.05) is 69.6 Å². The van der Waals surface area contributed by atoms with Crippen molar-refractivity contribution < 1.29 is 4.79 Å². The van der Waals surface area contributed by atoms with Gasteiger partial charge >= 0.3 is 0 Å². The van der Waals surface area contributed by atoms with Crippen molar-refractivity contribution in [1.82, 2.24) is 24.8 Å². The summed E-state index contributed by atoms with van der Waals surface area (Å²) in [5.74, 6) is -1.35. The molecule has 198 valence electrons. The maximum atomic E-state index is 12.1. The number of fused-ring (bicyclic) bond motifs is 1. The monoisotopic (exact) mass is 640 g/mol. The number of benzene rings is 2. The molecule has 8 nitrogen and oxygen atoms in total.